The van der Waals surface area contributed by atoms with Crippen molar-refractivity contribution < 1.29 is 24.4 Å². The summed E-state index contributed by atoms with van der Waals surface area (Å²) in [7, 11) is 1.11. The van der Waals surface area contributed by atoms with Crippen molar-refractivity contribution in [2.45, 2.75) is 32.0 Å². The second-order valence-corrected chi connectivity index (χ2v) is 6.77. The molecule has 0 bridgehead atoms. The fraction of sp³-hybridized carbons (Fsp3) is 0.300. The molecule has 0 spiro atoms. The molecule has 28 heavy (non-hydrogen) atoms. The molecule has 0 heterocycles. The molecule has 148 valence electrons. The number of benzene rings is 2. The average molecular weight is 386 g/mol. The van der Waals surface area contributed by atoms with Crippen LogP contribution < -0.4 is 5.32 Å². The van der Waals surface area contributed by atoms with Gasteiger partial charge in [-0.05, 0) is 28.8 Å². The Bertz CT molecular complexity index is 859. The lowest BCUT2D eigenvalue weighted by atomic mass is 9.95. The SMILES string of the molecule is COC(=O)C(NC(=O)c1ccc(-c2ccc(CO)cc2)cc1)C(C)(C)[N+](=O)[O-]. The van der Waals surface area contributed by atoms with Crippen molar-refractivity contribution in [2.24, 2.45) is 0 Å². The van der Waals surface area contributed by atoms with Crippen LogP contribution in [0.15, 0.2) is 48.5 Å². The first kappa shape index (κ1) is 21.0. The van der Waals surface area contributed by atoms with Crippen LogP contribution >= 0.6 is 0 Å². The van der Waals surface area contributed by atoms with Crippen LogP contribution in [0.1, 0.15) is 29.8 Å². The van der Waals surface area contributed by atoms with Gasteiger partial charge in [-0.2, -0.15) is 0 Å². The molecule has 0 aliphatic rings. The molecule has 0 radical (unpaired) electrons. The van der Waals surface area contributed by atoms with E-state index in [2.05, 4.69) is 10.1 Å². The molecule has 0 saturated carbocycles. The number of carbonyl (C=O) groups excluding carboxylic acids is 2. The number of ether oxygens (including phenoxy) is 1. The van der Waals surface area contributed by atoms with Gasteiger partial charge in [-0.25, -0.2) is 4.79 Å². The maximum Gasteiger partial charge on any atom is 0.335 e. The predicted octanol–water partition coefficient (Wildman–Crippen LogP) is 2.17. The van der Waals surface area contributed by atoms with E-state index in [-0.39, 0.29) is 12.2 Å². The lowest BCUT2D eigenvalue weighted by Crippen LogP contribution is -2.58. The minimum Gasteiger partial charge on any atom is -0.467 e. The molecule has 0 fully saturated rings. The molecule has 2 N–H and O–H groups in total. The summed E-state index contributed by atoms with van der Waals surface area (Å²) in [5, 5.41) is 22.8. The summed E-state index contributed by atoms with van der Waals surface area (Å²) >= 11 is 0. The number of hydrogen-bond donors (Lipinski definition) is 2. The van der Waals surface area contributed by atoms with E-state index in [0.29, 0.717) is 0 Å². The highest BCUT2D eigenvalue weighted by Gasteiger charge is 2.47. The second-order valence-electron chi connectivity index (χ2n) is 6.77. The normalized spacial score (nSPS) is 12.1. The van der Waals surface area contributed by atoms with Crippen LogP contribution in [0.25, 0.3) is 11.1 Å². The molecule has 0 aliphatic heterocycles. The van der Waals surface area contributed by atoms with E-state index >= 15 is 0 Å². The van der Waals surface area contributed by atoms with E-state index in [1.54, 1.807) is 36.4 Å². The summed E-state index contributed by atoms with van der Waals surface area (Å²) in [5.74, 6) is -1.51. The Hall–Kier alpha value is -3.26. The number of methoxy groups -OCH3 is 1. The van der Waals surface area contributed by atoms with Crippen LogP contribution in [0.4, 0.5) is 0 Å². The number of rotatable bonds is 7. The number of carbonyl (C=O) groups is 2. The van der Waals surface area contributed by atoms with Crippen LogP contribution in [0.5, 0.6) is 0 Å². The van der Waals surface area contributed by atoms with Gasteiger partial charge in [0.15, 0.2) is 6.04 Å². The topological polar surface area (TPSA) is 119 Å². The van der Waals surface area contributed by atoms with E-state index in [1.807, 2.05) is 12.1 Å². The molecule has 0 aliphatic carbocycles. The van der Waals surface area contributed by atoms with Gasteiger partial charge in [0.25, 0.3) is 5.91 Å². The third-order valence-electron chi connectivity index (χ3n) is 4.51. The van der Waals surface area contributed by atoms with Crippen molar-refractivity contribution in [2.75, 3.05) is 7.11 Å². The van der Waals surface area contributed by atoms with E-state index in [4.69, 9.17) is 5.11 Å². The third-order valence-corrected chi connectivity index (χ3v) is 4.51. The van der Waals surface area contributed by atoms with Crippen LogP contribution in [0.2, 0.25) is 0 Å². The van der Waals surface area contributed by atoms with Crippen LogP contribution in [-0.2, 0) is 16.1 Å². The molecule has 2 aromatic rings. The number of aliphatic hydroxyl groups is 1. The van der Waals surface area contributed by atoms with Gasteiger partial charge >= 0.3 is 5.97 Å². The number of nitro groups is 1. The van der Waals surface area contributed by atoms with Gasteiger partial charge in [-0.3, -0.25) is 14.9 Å². The van der Waals surface area contributed by atoms with Gasteiger partial charge < -0.3 is 15.2 Å². The van der Waals surface area contributed by atoms with Crippen LogP contribution in [0.3, 0.4) is 0 Å². The lowest BCUT2D eigenvalue weighted by molar-refractivity contribution is -0.562. The smallest absolute Gasteiger partial charge is 0.335 e. The van der Waals surface area contributed by atoms with Crippen LogP contribution in [0, 0.1) is 10.1 Å². The summed E-state index contributed by atoms with van der Waals surface area (Å²) in [5.41, 5.74) is 1.07. The monoisotopic (exact) mass is 386 g/mol. The summed E-state index contributed by atoms with van der Waals surface area (Å²) < 4.78 is 4.61. The van der Waals surface area contributed by atoms with Crippen molar-refractivity contribution in [3.8, 4) is 11.1 Å². The molecule has 8 heteroatoms. The summed E-state index contributed by atoms with van der Waals surface area (Å²) in [4.78, 5) is 35.1. The molecule has 1 unspecified atom stereocenters. The molecular weight excluding hydrogens is 364 g/mol. The number of nitrogens with one attached hydrogen (secondary N) is 1. The van der Waals surface area contributed by atoms with E-state index in [0.717, 1.165) is 23.8 Å². The zero-order chi connectivity index (χ0) is 20.9. The third kappa shape index (κ3) is 4.52. The Morgan fingerprint density at radius 2 is 1.61 bits per heavy atom. The van der Waals surface area contributed by atoms with Crippen LogP contribution in [-0.4, -0.2) is 40.6 Å². The number of nitrogens with zero attached hydrogens (tertiary/aromatic N) is 1. The Morgan fingerprint density at radius 1 is 1.11 bits per heavy atom. The minimum atomic E-state index is -1.74. The molecule has 1 amide bonds. The molecule has 2 aromatic carbocycles. The van der Waals surface area contributed by atoms with Gasteiger partial charge in [0.1, 0.15) is 0 Å². The van der Waals surface area contributed by atoms with Crippen molar-refractivity contribution in [3.05, 3.63) is 69.8 Å². The number of esters is 1. The Balaban J connectivity index is 2.20. The highest BCUT2D eigenvalue weighted by Crippen LogP contribution is 2.21. The van der Waals surface area contributed by atoms with E-state index in [1.165, 1.54) is 13.8 Å². The zero-order valence-corrected chi connectivity index (χ0v) is 15.8. The fourth-order valence-electron chi connectivity index (χ4n) is 2.58. The Labute approximate surface area is 162 Å². The Morgan fingerprint density at radius 3 is 2.04 bits per heavy atom. The molecule has 0 aromatic heterocycles. The standard InChI is InChI=1S/C20H22N2O6/c1-20(2,22(26)27)17(19(25)28-3)21-18(24)16-10-8-15(9-11-16)14-6-4-13(12-23)5-7-14/h4-11,17,23H,12H2,1-3H3,(H,21,24). The predicted molar refractivity (Wildman–Crippen MR) is 102 cm³/mol. The lowest BCUT2D eigenvalue weighted by Gasteiger charge is -2.25. The Kier molecular flexibility index (Phi) is 6.48. The maximum absolute atomic E-state index is 12.5. The number of aliphatic hydroxyl groups excluding tert-OH is 1. The van der Waals surface area contributed by atoms with Gasteiger partial charge in [0.2, 0.25) is 5.54 Å². The summed E-state index contributed by atoms with van der Waals surface area (Å²) in [6, 6.07) is 12.5. The maximum atomic E-state index is 12.5. The second kappa shape index (κ2) is 8.62. The number of hydrogen-bond acceptors (Lipinski definition) is 6. The number of amides is 1. The van der Waals surface area contributed by atoms with Gasteiger partial charge in [-0.15, -0.1) is 0 Å². The van der Waals surface area contributed by atoms with E-state index in [9.17, 15) is 19.7 Å². The van der Waals surface area contributed by atoms with Crippen molar-refractivity contribution in [1.82, 2.24) is 5.32 Å². The largest absolute Gasteiger partial charge is 0.467 e. The molecular formula is C20H22N2O6. The van der Waals surface area contributed by atoms with Gasteiger partial charge in [-0.1, -0.05) is 36.4 Å². The first-order valence-corrected chi connectivity index (χ1v) is 8.54. The quantitative estimate of drug-likeness (QED) is 0.428. The first-order chi connectivity index (χ1) is 13.2. The summed E-state index contributed by atoms with van der Waals surface area (Å²) in [6.45, 7) is 2.45. The minimum absolute atomic E-state index is 0.0404. The summed E-state index contributed by atoms with van der Waals surface area (Å²) in [6.07, 6.45) is 0. The first-order valence-electron chi connectivity index (χ1n) is 8.54. The fourth-order valence-corrected chi connectivity index (χ4v) is 2.58. The molecule has 1 atom stereocenters. The average Bonchev–Trinajstić information content (AvgIpc) is 2.71. The highest BCUT2D eigenvalue weighted by atomic mass is 16.6. The van der Waals surface area contributed by atoms with Gasteiger partial charge in [0, 0.05) is 24.3 Å². The highest BCUT2D eigenvalue weighted by molar-refractivity contribution is 5.97. The van der Waals surface area contributed by atoms with Crippen molar-refractivity contribution >= 4 is 11.9 Å². The molecule has 2 rings (SSSR count). The molecule has 8 nitrogen and oxygen atoms in total. The zero-order valence-electron chi connectivity index (χ0n) is 15.8. The van der Waals surface area contributed by atoms with Gasteiger partial charge in [0.05, 0.1) is 13.7 Å². The molecule has 0 saturated heterocycles. The van der Waals surface area contributed by atoms with E-state index < -0.39 is 28.4 Å². The van der Waals surface area contributed by atoms with Crippen molar-refractivity contribution in [1.29, 1.82) is 0 Å². The van der Waals surface area contributed by atoms with Crippen molar-refractivity contribution in [3.63, 3.8) is 0 Å².